The summed E-state index contributed by atoms with van der Waals surface area (Å²) < 4.78 is 0. The van der Waals surface area contributed by atoms with Crippen LogP contribution in [0.3, 0.4) is 0 Å². The summed E-state index contributed by atoms with van der Waals surface area (Å²) in [5.41, 5.74) is 8.90. The maximum Gasteiger partial charge on any atom is 0.322 e. The number of urea groups is 1. The number of carbonyl (C=O) groups excluding carboxylic acids is 1. The second kappa shape index (κ2) is 5.83. The zero-order chi connectivity index (χ0) is 16.8. The van der Waals surface area contributed by atoms with Crippen LogP contribution in [0.25, 0.3) is 0 Å². The third-order valence-electron chi connectivity index (χ3n) is 4.81. The number of halogens is 2. The van der Waals surface area contributed by atoms with E-state index in [9.17, 15) is 4.79 Å². The van der Waals surface area contributed by atoms with Crippen molar-refractivity contribution in [2.75, 3.05) is 11.1 Å². The van der Waals surface area contributed by atoms with Crippen molar-refractivity contribution in [1.29, 1.82) is 0 Å². The molecule has 2 aliphatic heterocycles. The minimum Gasteiger partial charge on any atom is -0.383 e. The lowest BCUT2D eigenvalue weighted by Gasteiger charge is -2.36. The molecule has 3 N–H and O–H groups in total. The van der Waals surface area contributed by atoms with Gasteiger partial charge in [0.2, 0.25) is 0 Å². The summed E-state index contributed by atoms with van der Waals surface area (Å²) in [5, 5.41) is 3.78. The molecule has 24 heavy (non-hydrogen) atoms. The Hall–Kier alpha value is -1.98. The van der Waals surface area contributed by atoms with Gasteiger partial charge in [0.1, 0.15) is 5.82 Å². The fourth-order valence-corrected chi connectivity index (χ4v) is 4.08. The van der Waals surface area contributed by atoms with Crippen LogP contribution in [0.15, 0.2) is 30.5 Å². The van der Waals surface area contributed by atoms with Gasteiger partial charge in [0.15, 0.2) is 0 Å². The number of aromatic nitrogens is 1. The molecule has 1 aromatic heterocycles. The summed E-state index contributed by atoms with van der Waals surface area (Å²) >= 11 is 11.9. The third kappa shape index (κ3) is 2.48. The quantitative estimate of drug-likeness (QED) is 0.795. The van der Waals surface area contributed by atoms with Gasteiger partial charge in [-0.1, -0.05) is 23.2 Å². The van der Waals surface area contributed by atoms with Gasteiger partial charge in [0, 0.05) is 23.5 Å². The molecule has 0 aliphatic carbocycles. The molecule has 1 saturated heterocycles. The smallest absolute Gasteiger partial charge is 0.322 e. The van der Waals surface area contributed by atoms with Crippen molar-refractivity contribution < 1.29 is 4.79 Å². The van der Waals surface area contributed by atoms with Crippen LogP contribution < -0.4 is 11.1 Å². The Morgan fingerprint density at radius 2 is 2.08 bits per heavy atom. The topological polar surface area (TPSA) is 71.2 Å². The summed E-state index contributed by atoms with van der Waals surface area (Å²) in [4.78, 5) is 18.9. The highest BCUT2D eigenvalue weighted by Gasteiger charge is 2.43. The number of nitrogens with one attached hydrogen (secondary N) is 1. The zero-order valence-electron chi connectivity index (χ0n) is 12.8. The van der Waals surface area contributed by atoms with Gasteiger partial charge in [-0.3, -0.25) is 0 Å². The minimum atomic E-state index is -0.144. The van der Waals surface area contributed by atoms with Crippen LogP contribution in [0.2, 0.25) is 10.0 Å². The lowest BCUT2D eigenvalue weighted by Crippen LogP contribution is -2.44. The third-order valence-corrected chi connectivity index (χ3v) is 5.55. The van der Waals surface area contributed by atoms with E-state index >= 15 is 0 Å². The van der Waals surface area contributed by atoms with Gasteiger partial charge in [0.05, 0.1) is 16.1 Å². The number of nitrogens with two attached hydrogens (primary N) is 1. The number of pyridine rings is 1. The van der Waals surface area contributed by atoms with Gasteiger partial charge >= 0.3 is 6.03 Å². The number of amides is 2. The molecule has 124 valence electrons. The number of carbonyl (C=O) groups is 1. The van der Waals surface area contributed by atoms with Crippen molar-refractivity contribution in [1.82, 2.24) is 9.88 Å². The first-order valence-electron chi connectivity index (χ1n) is 7.82. The van der Waals surface area contributed by atoms with Crippen LogP contribution in [0.4, 0.5) is 16.3 Å². The Kier molecular flexibility index (Phi) is 3.77. The van der Waals surface area contributed by atoms with Crippen molar-refractivity contribution in [3.8, 4) is 0 Å². The summed E-state index contributed by atoms with van der Waals surface area (Å²) in [6, 6.07) is 7.09. The van der Waals surface area contributed by atoms with E-state index < -0.39 is 0 Å². The molecule has 0 saturated carbocycles. The summed E-state index contributed by atoms with van der Waals surface area (Å²) in [6.07, 6.45) is 4.42. The lowest BCUT2D eigenvalue weighted by atomic mass is 9.94. The molecule has 0 spiro atoms. The molecule has 4 rings (SSSR count). The highest BCUT2D eigenvalue weighted by molar-refractivity contribution is 6.42. The number of nitrogen functional groups attached to an aromatic ring is 1. The molecule has 5 nitrogen and oxygen atoms in total. The van der Waals surface area contributed by atoms with Crippen molar-refractivity contribution in [3.63, 3.8) is 0 Å². The van der Waals surface area contributed by atoms with Crippen molar-refractivity contribution in [2.24, 2.45) is 0 Å². The van der Waals surface area contributed by atoms with E-state index in [-0.39, 0.29) is 18.1 Å². The summed E-state index contributed by atoms with van der Waals surface area (Å²) in [6.45, 7) is 0. The Bertz CT molecular complexity index is 826. The van der Waals surface area contributed by atoms with E-state index in [0.29, 0.717) is 21.6 Å². The zero-order valence-corrected chi connectivity index (χ0v) is 14.3. The number of nitrogens with zero attached hydrogens (tertiary/aromatic N) is 2. The van der Waals surface area contributed by atoms with Gasteiger partial charge in [-0.15, -0.1) is 0 Å². The Balaban J connectivity index is 1.62. The largest absolute Gasteiger partial charge is 0.383 e. The van der Waals surface area contributed by atoms with Gasteiger partial charge in [-0.05, 0) is 49.1 Å². The number of fused-ring (bicyclic) bond motifs is 4. The van der Waals surface area contributed by atoms with E-state index in [0.717, 1.165) is 24.8 Å². The maximum atomic E-state index is 12.8. The molecule has 2 bridgehead atoms. The Labute approximate surface area is 149 Å². The van der Waals surface area contributed by atoms with Crippen LogP contribution in [-0.4, -0.2) is 22.0 Å². The highest BCUT2D eigenvalue weighted by atomic mass is 35.5. The van der Waals surface area contributed by atoms with E-state index in [2.05, 4.69) is 10.3 Å². The maximum absolute atomic E-state index is 12.8. The van der Waals surface area contributed by atoms with Crippen LogP contribution in [0.1, 0.15) is 30.0 Å². The van der Waals surface area contributed by atoms with E-state index in [4.69, 9.17) is 28.9 Å². The SMILES string of the molecule is Nc1nccc2c1[C@H]1CC[C@@H](C2)N1C(=O)Nc1ccc(Cl)c(Cl)c1. The molecule has 2 atom stereocenters. The van der Waals surface area contributed by atoms with Gasteiger partial charge in [-0.25, -0.2) is 9.78 Å². The molecule has 1 fully saturated rings. The molecule has 0 radical (unpaired) electrons. The first-order chi connectivity index (χ1) is 11.5. The monoisotopic (exact) mass is 362 g/mol. The first kappa shape index (κ1) is 15.5. The van der Waals surface area contributed by atoms with E-state index in [1.807, 2.05) is 11.0 Å². The van der Waals surface area contributed by atoms with Crippen LogP contribution in [0.5, 0.6) is 0 Å². The van der Waals surface area contributed by atoms with Crippen molar-refractivity contribution in [2.45, 2.75) is 31.3 Å². The van der Waals surface area contributed by atoms with Gasteiger partial charge in [-0.2, -0.15) is 0 Å². The molecule has 7 heteroatoms. The predicted octanol–water partition coefficient (Wildman–Crippen LogP) is 4.26. The average molecular weight is 363 g/mol. The Morgan fingerprint density at radius 1 is 1.25 bits per heavy atom. The first-order valence-corrected chi connectivity index (χ1v) is 8.58. The molecule has 2 aliphatic rings. The lowest BCUT2D eigenvalue weighted by molar-refractivity contribution is 0.179. The standard InChI is InChI=1S/C17H16Cl2N4O/c18-12-3-1-10(8-13(12)19)22-17(24)23-11-2-4-14(23)15-9(7-11)5-6-21-16(15)20/h1,3,5-6,8,11,14H,2,4,7H2,(H2,20,21)(H,22,24)/t11-,14+/m0/s1. The number of rotatable bonds is 1. The normalized spacial score (nSPS) is 21.5. The number of anilines is 2. The van der Waals surface area contributed by atoms with E-state index in [1.165, 1.54) is 5.56 Å². The molecule has 3 heterocycles. The van der Waals surface area contributed by atoms with Gasteiger partial charge in [0.25, 0.3) is 0 Å². The Morgan fingerprint density at radius 3 is 2.88 bits per heavy atom. The number of hydrogen-bond donors (Lipinski definition) is 2. The fraction of sp³-hybridized carbons (Fsp3) is 0.294. The fourth-order valence-electron chi connectivity index (χ4n) is 3.78. The second-order valence-electron chi connectivity index (χ2n) is 6.19. The van der Waals surface area contributed by atoms with Crippen LogP contribution >= 0.6 is 23.2 Å². The van der Waals surface area contributed by atoms with Crippen LogP contribution in [-0.2, 0) is 6.42 Å². The molecular formula is C17H16Cl2N4O. The van der Waals surface area contributed by atoms with Crippen molar-refractivity contribution in [3.05, 3.63) is 51.6 Å². The molecular weight excluding hydrogens is 347 g/mol. The predicted molar refractivity (Wildman–Crippen MR) is 95.4 cm³/mol. The molecule has 2 aromatic rings. The number of hydrogen-bond acceptors (Lipinski definition) is 3. The molecule has 2 amide bonds. The molecule has 1 aromatic carbocycles. The minimum absolute atomic E-state index is 0.0183. The van der Waals surface area contributed by atoms with Crippen molar-refractivity contribution >= 4 is 40.7 Å². The molecule has 0 unspecified atom stereocenters. The highest BCUT2D eigenvalue weighted by Crippen LogP contribution is 2.45. The van der Waals surface area contributed by atoms with Gasteiger partial charge < -0.3 is 16.0 Å². The van der Waals surface area contributed by atoms with Crippen LogP contribution in [0, 0.1) is 0 Å². The number of benzene rings is 1. The second-order valence-corrected chi connectivity index (χ2v) is 7.00. The van der Waals surface area contributed by atoms with E-state index in [1.54, 1.807) is 24.4 Å². The summed E-state index contributed by atoms with van der Waals surface area (Å²) in [5.74, 6) is 0.519. The summed E-state index contributed by atoms with van der Waals surface area (Å²) in [7, 11) is 0. The average Bonchev–Trinajstić information content (AvgIpc) is 2.85.